The van der Waals surface area contributed by atoms with Gasteiger partial charge in [-0.1, -0.05) is 12.2 Å². The molecule has 0 unspecified atom stereocenters. The highest BCUT2D eigenvalue weighted by Crippen LogP contribution is 2.22. The van der Waals surface area contributed by atoms with Crippen LogP contribution < -0.4 is 5.32 Å². The van der Waals surface area contributed by atoms with E-state index in [0.717, 1.165) is 51.1 Å². The number of nitrogens with zero attached hydrogens (tertiary/aromatic N) is 4. The second-order valence-electron chi connectivity index (χ2n) is 7.12. The molecule has 6 nitrogen and oxygen atoms in total. The lowest BCUT2D eigenvalue weighted by atomic mass is 9.94. The molecule has 0 saturated carbocycles. The van der Waals surface area contributed by atoms with E-state index < -0.39 is 0 Å². The SMILES string of the molecule is CN1CCC(N(C)C(=O)Nc2ccnn2C[C@H]2CC=CCC2)CC1. The van der Waals surface area contributed by atoms with Gasteiger partial charge in [-0.05, 0) is 58.2 Å². The van der Waals surface area contributed by atoms with E-state index in [9.17, 15) is 4.79 Å². The van der Waals surface area contributed by atoms with E-state index in [1.54, 1.807) is 6.20 Å². The van der Waals surface area contributed by atoms with Crippen LogP contribution >= 0.6 is 0 Å². The lowest BCUT2D eigenvalue weighted by Crippen LogP contribution is -2.46. The highest BCUT2D eigenvalue weighted by Gasteiger charge is 2.24. The van der Waals surface area contributed by atoms with Crippen molar-refractivity contribution in [1.29, 1.82) is 0 Å². The van der Waals surface area contributed by atoms with Crippen LogP contribution in [0.4, 0.5) is 10.6 Å². The van der Waals surface area contributed by atoms with Crippen molar-refractivity contribution < 1.29 is 4.79 Å². The average molecular weight is 331 g/mol. The number of amides is 2. The molecule has 3 rings (SSSR count). The predicted octanol–water partition coefficient (Wildman–Crippen LogP) is 2.80. The Labute approximate surface area is 144 Å². The Hall–Kier alpha value is -1.82. The summed E-state index contributed by atoms with van der Waals surface area (Å²) in [5.74, 6) is 1.41. The lowest BCUT2D eigenvalue weighted by Gasteiger charge is -2.35. The van der Waals surface area contributed by atoms with Gasteiger partial charge in [0, 0.05) is 25.7 Å². The zero-order valence-electron chi connectivity index (χ0n) is 14.8. The van der Waals surface area contributed by atoms with Crippen molar-refractivity contribution >= 4 is 11.8 Å². The van der Waals surface area contributed by atoms with Crippen molar-refractivity contribution in [3.05, 3.63) is 24.4 Å². The minimum Gasteiger partial charge on any atom is -0.324 e. The number of hydrogen-bond donors (Lipinski definition) is 1. The number of carbonyl (C=O) groups excluding carboxylic acids is 1. The molecule has 0 radical (unpaired) electrons. The normalized spacial score (nSPS) is 22.5. The van der Waals surface area contributed by atoms with E-state index in [0.29, 0.717) is 12.0 Å². The molecular weight excluding hydrogens is 302 g/mol. The first-order chi connectivity index (χ1) is 11.6. The van der Waals surface area contributed by atoms with Crippen molar-refractivity contribution in [2.75, 3.05) is 32.5 Å². The fraction of sp³-hybridized carbons (Fsp3) is 0.667. The summed E-state index contributed by atoms with van der Waals surface area (Å²) in [4.78, 5) is 16.8. The van der Waals surface area contributed by atoms with Crippen molar-refractivity contribution in [1.82, 2.24) is 19.6 Å². The number of rotatable bonds is 4. The molecule has 1 aliphatic carbocycles. The van der Waals surface area contributed by atoms with Gasteiger partial charge < -0.3 is 9.80 Å². The number of carbonyl (C=O) groups is 1. The molecule has 132 valence electrons. The Kier molecular flexibility index (Phi) is 5.56. The van der Waals surface area contributed by atoms with Gasteiger partial charge in [-0.15, -0.1) is 0 Å². The molecule has 0 bridgehead atoms. The zero-order valence-corrected chi connectivity index (χ0v) is 14.8. The molecule has 1 aliphatic heterocycles. The van der Waals surface area contributed by atoms with Gasteiger partial charge in [-0.2, -0.15) is 5.10 Å². The maximum absolute atomic E-state index is 12.6. The van der Waals surface area contributed by atoms with E-state index in [-0.39, 0.29) is 6.03 Å². The van der Waals surface area contributed by atoms with Crippen LogP contribution in [-0.4, -0.2) is 58.8 Å². The molecule has 2 amide bonds. The van der Waals surface area contributed by atoms with E-state index in [1.165, 1.54) is 6.42 Å². The Morgan fingerprint density at radius 2 is 2.12 bits per heavy atom. The van der Waals surface area contributed by atoms with Gasteiger partial charge in [0.05, 0.1) is 6.20 Å². The van der Waals surface area contributed by atoms with E-state index in [1.807, 2.05) is 22.7 Å². The molecule has 1 aromatic rings. The average Bonchev–Trinajstić information content (AvgIpc) is 3.02. The van der Waals surface area contributed by atoms with Crippen molar-refractivity contribution in [2.24, 2.45) is 5.92 Å². The molecule has 1 aromatic heterocycles. The number of allylic oxidation sites excluding steroid dienone is 2. The molecule has 0 spiro atoms. The second kappa shape index (κ2) is 7.83. The van der Waals surface area contributed by atoms with E-state index in [4.69, 9.17) is 0 Å². The third-order valence-corrected chi connectivity index (χ3v) is 5.32. The summed E-state index contributed by atoms with van der Waals surface area (Å²) >= 11 is 0. The summed E-state index contributed by atoms with van der Waals surface area (Å²) in [5.41, 5.74) is 0. The molecular formula is C18H29N5O. The minimum absolute atomic E-state index is 0.0326. The third-order valence-electron chi connectivity index (χ3n) is 5.32. The molecule has 6 heteroatoms. The van der Waals surface area contributed by atoms with Crippen LogP contribution in [-0.2, 0) is 6.54 Å². The second-order valence-corrected chi connectivity index (χ2v) is 7.12. The Balaban J connectivity index is 1.56. The maximum Gasteiger partial charge on any atom is 0.322 e. The number of anilines is 1. The summed E-state index contributed by atoms with van der Waals surface area (Å²) in [6, 6.07) is 2.18. The Morgan fingerprint density at radius 3 is 2.83 bits per heavy atom. The molecule has 1 fully saturated rings. The van der Waals surface area contributed by atoms with Crippen LogP contribution in [0, 0.1) is 5.92 Å². The summed E-state index contributed by atoms with van der Waals surface area (Å²) < 4.78 is 1.93. The van der Waals surface area contributed by atoms with Crippen molar-refractivity contribution in [2.45, 2.75) is 44.7 Å². The molecule has 2 aliphatic rings. The molecule has 2 heterocycles. The van der Waals surface area contributed by atoms with E-state index in [2.05, 4.69) is 34.5 Å². The van der Waals surface area contributed by atoms with Crippen molar-refractivity contribution in [3.8, 4) is 0 Å². The van der Waals surface area contributed by atoms with Crippen LogP contribution in [0.5, 0.6) is 0 Å². The standard InChI is InChI=1S/C18H29N5O/c1-21-12-9-16(10-13-21)22(2)18(24)20-17-8-11-19-23(17)14-15-6-4-3-5-7-15/h3-4,8,11,15-16H,5-7,9-10,12-14H2,1-2H3,(H,20,24)/t15-/m0/s1. The molecule has 0 aromatic carbocycles. The molecule has 1 atom stereocenters. The van der Waals surface area contributed by atoms with Gasteiger partial charge in [-0.3, -0.25) is 5.32 Å². The van der Waals surface area contributed by atoms with Gasteiger partial charge in [0.1, 0.15) is 5.82 Å². The molecule has 24 heavy (non-hydrogen) atoms. The van der Waals surface area contributed by atoms with E-state index >= 15 is 0 Å². The van der Waals surface area contributed by atoms with Gasteiger partial charge in [0.25, 0.3) is 0 Å². The van der Waals surface area contributed by atoms with Gasteiger partial charge in [0.2, 0.25) is 0 Å². The summed E-state index contributed by atoms with van der Waals surface area (Å²) in [6.07, 6.45) is 11.8. The first kappa shape index (κ1) is 17.0. The smallest absolute Gasteiger partial charge is 0.322 e. The number of likely N-dealkylation sites (tertiary alicyclic amines) is 1. The molecule has 1 N–H and O–H groups in total. The number of piperidine rings is 1. The van der Waals surface area contributed by atoms with Gasteiger partial charge >= 0.3 is 6.03 Å². The van der Waals surface area contributed by atoms with Crippen LogP contribution in [0.15, 0.2) is 24.4 Å². The number of urea groups is 1. The topological polar surface area (TPSA) is 53.4 Å². The van der Waals surface area contributed by atoms with Crippen LogP contribution in [0.25, 0.3) is 0 Å². The highest BCUT2D eigenvalue weighted by atomic mass is 16.2. The lowest BCUT2D eigenvalue weighted by molar-refractivity contribution is 0.156. The van der Waals surface area contributed by atoms with Crippen LogP contribution in [0.1, 0.15) is 32.1 Å². The van der Waals surface area contributed by atoms with Gasteiger partial charge in [0.15, 0.2) is 0 Å². The fourth-order valence-electron chi connectivity index (χ4n) is 3.60. The largest absolute Gasteiger partial charge is 0.324 e. The minimum atomic E-state index is -0.0326. The Bertz CT molecular complexity index is 574. The Morgan fingerprint density at radius 1 is 1.33 bits per heavy atom. The quantitative estimate of drug-likeness (QED) is 0.863. The summed E-state index contributed by atoms with van der Waals surface area (Å²) in [5, 5.41) is 7.44. The number of nitrogens with one attached hydrogen (secondary N) is 1. The van der Waals surface area contributed by atoms with Crippen LogP contribution in [0.3, 0.4) is 0 Å². The first-order valence-corrected chi connectivity index (χ1v) is 9.02. The summed E-state index contributed by atoms with van der Waals surface area (Å²) in [6.45, 7) is 2.97. The van der Waals surface area contributed by atoms with Crippen molar-refractivity contribution in [3.63, 3.8) is 0 Å². The molecule has 1 saturated heterocycles. The predicted molar refractivity (Wildman–Crippen MR) is 96.0 cm³/mol. The highest BCUT2D eigenvalue weighted by molar-refractivity contribution is 5.88. The van der Waals surface area contributed by atoms with Gasteiger partial charge in [-0.25, -0.2) is 9.48 Å². The first-order valence-electron chi connectivity index (χ1n) is 9.02. The monoisotopic (exact) mass is 331 g/mol. The van der Waals surface area contributed by atoms with Crippen LogP contribution in [0.2, 0.25) is 0 Å². The zero-order chi connectivity index (χ0) is 16.9. The maximum atomic E-state index is 12.6. The fourth-order valence-corrected chi connectivity index (χ4v) is 3.60. The third kappa shape index (κ3) is 4.17. The number of aromatic nitrogens is 2. The summed E-state index contributed by atoms with van der Waals surface area (Å²) in [7, 11) is 4.03. The number of hydrogen-bond acceptors (Lipinski definition) is 3.